The molecule has 0 saturated carbocycles. The normalized spacial score (nSPS) is 10.5. The Bertz CT molecular complexity index is 716. The first-order valence-corrected chi connectivity index (χ1v) is 9.71. The van der Waals surface area contributed by atoms with Crippen LogP contribution >= 0.6 is 23.1 Å². The number of methoxy groups -OCH3 is 1. The molecule has 0 fully saturated rings. The molecule has 0 aliphatic carbocycles. The first-order valence-electron chi connectivity index (χ1n) is 7.91. The van der Waals surface area contributed by atoms with Gasteiger partial charge in [0.15, 0.2) is 0 Å². The van der Waals surface area contributed by atoms with Gasteiger partial charge in [-0.3, -0.25) is 9.59 Å². The van der Waals surface area contributed by atoms with E-state index in [1.54, 1.807) is 24.5 Å². The Hall–Kier alpha value is -1.83. The molecule has 2 aromatic rings. The van der Waals surface area contributed by atoms with Crippen LogP contribution in [-0.4, -0.2) is 37.8 Å². The molecule has 0 aliphatic rings. The summed E-state index contributed by atoms with van der Waals surface area (Å²) in [5.41, 5.74) is 0.588. The number of carbonyl (C=O) groups excluding carboxylic acids is 2. The summed E-state index contributed by atoms with van der Waals surface area (Å²) in [5, 5.41) is 5.71. The Morgan fingerprint density at radius 1 is 1.16 bits per heavy atom. The molecule has 0 aliphatic heterocycles. The minimum Gasteiger partial charge on any atom is -0.383 e. The minimum absolute atomic E-state index is 0.0775. The number of hydrogen-bond donors (Lipinski definition) is 2. The molecule has 0 bridgehead atoms. The van der Waals surface area contributed by atoms with Crippen LogP contribution in [0.3, 0.4) is 0 Å². The van der Waals surface area contributed by atoms with E-state index in [0.717, 1.165) is 9.77 Å². The highest BCUT2D eigenvalue weighted by Gasteiger charge is 2.13. The summed E-state index contributed by atoms with van der Waals surface area (Å²) < 4.78 is 4.90. The first kappa shape index (κ1) is 19.5. The van der Waals surface area contributed by atoms with Gasteiger partial charge in [0, 0.05) is 28.3 Å². The Kier molecular flexibility index (Phi) is 7.97. The fourth-order valence-corrected chi connectivity index (χ4v) is 3.82. The topological polar surface area (TPSA) is 67.4 Å². The van der Waals surface area contributed by atoms with Gasteiger partial charge in [-0.1, -0.05) is 12.1 Å². The number of amides is 2. The van der Waals surface area contributed by atoms with E-state index in [4.69, 9.17) is 4.74 Å². The third kappa shape index (κ3) is 6.53. The maximum Gasteiger partial charge on any atom is 0.252 e. The second kappa shape index (κ2) is 10.2. The van der Waals surface area contributed by atoms with Crippen LogP contribution in [0.15, 0.2) is 41.3 Å². The highest BCUT2D eigenvalue weighted by Crippen LogP contribution is 2.23. The molecular formula is C18H22N2O3S2. The zero-order chi connectivity index (χ0) is 18.1. The van der Waals surface area contributed by atoms with Crippen molar-refractivity contribution in [2.24, 2.45) is 0 Å². The molecular weight excluding hydrogens is 356 g/mol. The molecule has 1 aromatic carbocycles. The maximum atomic E-state index is 12.5. The van der Waals surface area contributed by atoms with Gasteiger partial charge in [0.25, 0.3) is 5.91 Å². The molecule has 25 heavy (non-hydrogen) atoms. The number of thioether (sulfide) groups is 1. The van der Waals surface area contributed by atoms with Crippen LogP contribution in [0.4, 0.5) is 0 Å². The van der Waals surface area contributed by atoms with Gasteiger partial charge in [0.05, 0.1) is 24.5 Å². The molecule has 2 amide bonds. The van der Waals surface area contributed by atoms with Gasteiger partial charge in [0.1, 0.15) is 0 Å². The number of aryl methyl sites for hydroxylation is 1. The quantitative estimate of drug-likeness (QED) is 0.520. The summed E-state index contributed by atoms with van der Waals surface area (Å²) in [6.45, 7) is 3.52. The van der Waals surface area contributed by atoms with E-state index in [-0.39, 0.29) is 17.6 Å². The number of hydrogen-bond acceptors (Lipinski definition) is 5. The van der Waals surface area contributed by atoms with E-state index in [0.29, 0.717) is 25.3 Å². The number of rotatable bonds is 9. The average molecular weight is 379 g/mol. The Morgan fingerprint density at radius 3 is 2.68 bits per heavy atom. The Labute approximate surface area is 156 Å². The van der Waals surface area contributed by atoms with E-state index in [9.17, 15) is 9.59 Å². The van der Waals surface area contributed by atoms with Crippen LogP contribution in [0.5, 0.6) is 0 Å². The van der Waals surface area contributed by atoms with E-state index in [1.807, 2.05) is 37.3 Å². The summed E-state index contributed by atoms with van der Waals surface area (Å²) in [6.07, 6.45) is 0. The van der Waals surface area contributed by atoms with Gasteiger partial charge < -0.3 is 15.4 Å². The second-order valence-electron chi connectivity index (χ2n) is 5.32. The molecule has 0 spiro atoms. The van der Waals surface area contributed by atoms with Crippen molar-refractivity contribution in [2.75, 3.05) is 26.0 Å². The van der Waals surface area contributed by atoms with Crippen molar-refractivity contribution in [1.82, 2.24) is 10.6 Å². The van der Waals surface area contributed by atoms with Gasteiger partial charge in [0.2, 0.25) is 5.91 Å². The number of carbonyl (C=O) groups is 2. The van der Waals surface area contributed by atoms with Crippen molar-refractivity contribution in [1.29, 1.82) is 0 Å². The molecule has 1 aromatic heterocycles. The van der Waals surface area contributed by atoms with Gasteiger partial charge in [-0.2, -0.15) is 0 Å². The number of thiophene rings is 1. The third-order valence-electron chi connectivity index (χ3n) is 3.34. The van der Waals surface area contributed by atoms with Gasteiger partial charge >= 0.3 is 0 Å². The van der Waals surface area contributed by atoms with Crippen LogP contribution in [-0.2, 0) is 16.1 Å². The van der Waals surface area contributed by atoms with Crippen molar-refractivity contribution in [3.8, 4) is 0 Å². The largest absolute Gasteiger partial charge is 0.383 e. The molecule has 134 valence electrons. The number of nitrogens with one attached hydrogen (secondary N) is 2. The predicted octanol–water partition coefficient (Wildman–Crippen LogP) is 2.84. The summed E-state index contributed by atoms with van der Waals surface area (Å²) in [4.78, 5) is 27.4. The minimum atomic E-state index is -0.131. The molecule has 0 radical (unpaired) electrons. The van der Waals surface area contributed by atoms with Crippen molar-refractivity contribution >= 4 is 34.9 Å². The highest BCUT2D eigenvalue weighted by atomic mass is 32.2. The smallest absolute Gasteiger partial charge is 0.252 e. The zero-order valence-corrected chi connectivity index (χ0v) is 16.0. The van der Waals surface area contributed by atoms with E-state index in [2.05, 4.69) is 10.6 Å². The predicted molar refractivity (Wildman–Crippen MR) is 102 cm³/mol. The molecule has 1 heterocycles. The third-order valence-corrected chi connectivity index (χ3v) is 5.41. The van der Waals surface area contributed by atoms with E-state index >= 15 is 0 Å². The molecule has 5 nitrogen and oxygen atoms in total. The van der Waals surface area contributed by atoms with Gasteiger partial charge in [-0.15, -0.1) is 23.1 Å². The van der Waals surface area contributed by atoms with Crippen molar-refractivity contribution in [3.05, 3.63) is 51.7 Å². The summed E-state index contributed by atoms with van der Waals surface area (Å²) in [6, 6.07) is 11.4. The molecule has 0 saturated heterocycles. The summed E-state index contributed by atoms with van der Waals surface area (Å²) in [5.74, 6) is 0.0539. The lowest BCUT2D eigenvalue weighted by Gasteiger charge is -2.10. The monoisotopic (exact) mass is 378 g/mol. The maximum absolute atomic E-state index is 12.5. The summed E-state index contributed by atoms with van der Waals surface area (Å²) in [7, 11) is 1.59. The molecule has 0 atom stereocenters. The lowest BCUT2D eigenvalue weighted by molar-refractivity contribution is -0.118. The van der Waals surface area contributed by atoms with Crippen LogP contribution in [0.1, 0.15) is 20.1 Å². The van der Waals surface area contributed by atoms with Gasteiger partial charge in [-0.05, 0) is 31.2 Å². The Morgan fingerprint density at radius 2 is 1.96 bits per heavy atom. The van der Waals surface area contributed by atoms with Crippen LogP contribution in [0, 0.1) is 6.92 Å². The molecule has 7 heteroatoms. The van der Waals surface area contributed by atoms with Crippen LogP contribution in [0.25, 0.3) is 0 Å². The summed E-state index contributed by atoms with van der Waals surface area (Å²) >= 11 is 3.03. The van der Waals surface area contributed by atoms with Crippen LogP contribution < -0.4 is 10.6 Å². The SMILES string of the molecule is COCCNC(=O)CSc1ccccc1C(=O)NCc1ccc(C)s1. The van der Waals surface area contributed by atoms with Crippen molar-refractivity contribution in [2.45, 2.75) is 18.4 Å². The molecule has 2 rings (SSSR count). The standard InChI is InChI=1S/C18H22N2O3S2/c1-13-7-8-14(25-13)11-20-18(22)15-5-3-4-6-16(15)24-12-17(21)19-9-10-23-2/h3-8H,9-12H2,1-2H3,(H,19,21)(H,20,22). The molecule has 0 unspecified atom stereocenters. The number of benzene rings is 1. The number of ether oxygens (including phenoxy) is 1. The zero-order valence-electron chi connectivity index (χ0n) is 14.3. The average Bonchev–Trinajstić information content (AvgIpc) is 3.04. The lowest BCUT2D eigenvalue weighted by atomic mass is 10.2. The lowest BCUT2D eigenvalue weighted by Crippen LogP contribution is -2.28. The van der Waals surface area contributed by atoms with E-state index in [1.165, 1.54) is 16.6 Å². The molecule has 2 N–H and O–H groups in total. The van der Waals surface area contributed by atoms with Crippen molar-refractivity contribution in [3.63, 3.8) is 0 Å². The first-order chi connectivity index (χ1) is 12.1. The highest BCUT2D eigenvalue weighted by molar-refractivity contribution is 8.00. The fraction of sp³-hybridized carbons (Fsp3) is 0.333. The van der Waals surface area contributed by atoms with Crippen molar-refractivity contribution < 1.29 is 14.3 Å². The van der Waals surface area contributed by atoms with Gasteiger partial charge in [-0.25, -0.2) is 0 Å². The Balaban J connectivity index is 1.90. The van der Waals surface area contributed by atoms with Crippen LogP contribution in [0.2, 0.25) is 0 Å². The second-order valence-corrected chi connectivity index (χ2v) is 7.71. The fourth-order valence-electron chi connectivity index (χ4n) is 2.11. The van der Waals surface area contributed by atoms with E-state index < -0.39 is 0 Å².